The lowest BCUT2D eigenvalue weighted by Gasteiger charge is -2.53. The predicted octanol–water partition coefficient (Wildman–Crippen LogP) is 2.37. The summed E-state index contributed by atoms with van der Waals surface area (Å²) in [6, 6.07) is 4.24. The number of aromatic amines is 1. The van der Waals surface area contributed by atoms with E-state index in [1.165, 1.54) is 0 Å². The summed E-state index contributed by atoms with van der Waals surface area (Å²) in [4.78, 5) is 20.2. The number of hydrogen-bond acceptors (Lipinski definition) is 5. The van der Waals surface area contributed by atoms with Crippen LogP contribution >= 0.6 is 0 Å². The molecule has 142 valence electrons. The highest BCUT2D eigenvalue weighted by atomic mass is 16.2. The van der Waals surface area contributed by atoms with Gasteiger partial charge >= 0.3 is 0 Å². The van der Waals surface area contributed by atoms with Crippen molar-refractivity contribution in [1.29, 1.82) is 5.26 Å². The van der Waals surface area contributed by atoms with Gasteiger partial charge in [0.25, 0.3) is 0 Å². The van der Waals surface area contributed by atoms with Crippen LogP contribution in [-0.4, -0.2) is 36.0 Å². The van der Waals surface area contributed by atoms with E-state index in [-0.39, 0.29) is 16.9 Å². The Morgan fingerprint density at radius 1 is 1.14 bits per heavy atom. The van der Waals surface area contributed by atoms with Gasteiger partial charge in [-0.15, -0.1) is 10.2 Å². The first-order chi connectivity index (χ1) is 13.6. The van der Waals surface area contributed by atoms with Crippen LogP contribution in [0.3, 0.4) is 0 Å². The average molecular weight is 375 g/mol. The quantitative estimate of drug-likeness (QED) is 0.730. The molecule has 0 radical (unpaired) electrons. The molecule has 2 N–H and O–H groups in total. The van der Waals surface area contributed by atoms with E-state index in [0.29, 0.717) is 12.8 Å². The minimum atomic E-state index is -0.753. The molecule has 0 saturated heterocycles. The number of carbonyl (C=O) groups excluding carboxylic acids is 1. The summed E-state index contributed by atoms with van der Waals surface area (Å²) < 4.78 is 2.14. The van der Waals surface area contributed by atoms with Crippen LogP contribution in [0.15, 0.2) is 18.5 Å². The predicted molar refractivity (Wildman–Crippen MR) is 100 cm³/mol. The van der Waals surface area contributed by atoms with Crippen molar-refractivity contribution in [2.75, 3.05) is 0 Å². The van der Waals surface area contributed by atoms with Crippen molar-refractivity contribution < 1.29 is 4.79 Å². The van der Waals surface area contributed by atoms with Crippen molar-refractivity contribution in [3.8, 4) is 6.07 Å². The van der Waals surface area contributed by atoms with Crippen LogP contribution in [0.2, 0.25) is 0 Å². The molecule has 3 heterocycles. The van der Waals surface area contributed by atoms with E-state index in [9.17, 15) is 10.1 Å². The van der Waals surface area contributed by atoms with E-state index in [2.05, 4.69) is 36.0 Å². The van der Waals surface area contributed by atoms with E-state index in [4.69, 9.17) is 0 Å². The van der Waals surface area contributed by atoms with Crippen molar-refractivity contribution in [1.82, 2.24) is 29.9 Å². The van der Waals surface area contributed by atoms with Crippen LogP contribution < -0.4 is 5.32 Å². The first-order valence-electron chi connectivity index (χ1n) is 10.0. The fourth-order valence-corrected chi connectivity index (χ4v) is 5.30. The highest BCUT2D eigenvalue weighted by Crippen LogP contribution is 2.54. The second kappa shape index (κ2) is 5.10. The van der Waals surface area contributed by atoms with Crippen LogP contribution in [0.5, 0.6) is 0 Å². The van der Waals surface area contributed by atoms with Crippen LogP contribution in [0.1, 0.15) is 57.2 Å². The molecular weight excluding hydrogens is 354 g/mol. The van der Waals surface area contributed by atoms with Crippen molar-refractivity contribution in [2.45, 2.75) is 62.3 Å². The lowest BCUT2D eigenvalue weighted by Crippen LogP contribution is -2.59. The highest BCUT2D eigenvalue weighted by Gasteiger charge is 2.56. The first-order valence-corrected chi connectivity index (χ1v) is 10.0. The molecule has 4 aliphatic carbocycles. The van der Waals surface area contributed by atoms with Crippen molar-refractivity contribution >= 4 is 22.7 Å². The molecule has 0 aromatic carbocycles. The number of amides is 1. The first kappa shape index (κ1) is 16.0. The summed E-state index contributed by atoms with van der Waals surface area (Å²) in [6.45, 7) is 0. The lowest BCUT2D eigenvalue weighted by molar-refractivity contribution is -0.128. The normalized spacial score (nSPS) is 30.4. The summed E-state index contributed by atoms with van der Waals surface area (Å²) in [5, 5.41) is 21.6. The number of rotatable bonds is 3. The minimum absolute atomic E-state index is 0.00998. The molecule has 2 bridgehead atoms. The van der Waals surface area contributed by atoms with Crippen molar-refractivity contribution in [2.24, 2.45) is 5.41 Å². The van der Waals surface area contributed by atoms with Gasteiger partial charge in [0.1, 0.15) is 11.2 Å². The minimum Gasteiger partial charge on any atom is -0.349 e. The van der Waals surface area contributed by atoms with Gasteiger partial charge < -0.3 is 10.3 Å². The third-order valence-corrected chi connectivity index (χ3v) is 7.44. The maximum atomic E-state index is 12.6. The van der Waals surface area contributed by atoms with Gasteiger partial charge in [0.05, 0.1) is 17.8 Å². The molecule has 0 aliphatic heterocycles. The molecular formula is C20H21N7O. The Morgan fingerprint density at radius 2 is 1.89 bits per heavy atom. The molecule has 3 aromatic heterocycles. The smallest absolute Gasteiger partial charge is 0.240 e. The SMILES string of the molecule is N#CC1(C(=O)NC23CCC(c4nnc5cnc6[nH]ccc6n45)(CC2)CC3)CC1. The Balaban J connectivity index is 1.32. The van der Waals surface area contributed by atoms with Crippen LogP contribution in [-0.2, 0) is 10.2 Å². The molecule has 0 atom stereocenters. The zero-order chi connectivity index (χ0) is 19.0. The van der Waals surface area contributed by atoms with Gasteiger partial charge in [-0.1, -0.05) is 0 Å². The number of H-pyrrole nitrogens is 1. The number of aromatic nitrogens is 5. The van der Waals surface area contributed by atoms with Gasteiger partial charge in [-0.25, -0.2) is 4.98 Å². The standard InChI is InChI=1S/C20H21N7O/c21-12-19(2-3-19)17(28)24-20-7-4-18(5-8-20,6-9-20)16-26-25-14-11-23-15-13(27(14)16)1-10-22-15/h1,10-11,22H,2-9H2,(H,24,28). The Hall–Kier alpha value is -2.95. The second-order valence-electron chi connectivity index (χ2n) is 8.90. The maximum absolute atomic E-state index is 12.6. The highest BCUT2D eigenvalue weighted by molar-refractivity contribution is 5.88. The van der Waals surface area contributed by atoms with Gasteiger partial charge in [-0.2, -0.15) is 5.26 Å². The largest absolute Gasteiger partial charge is 0.349 e. The number of hydrogen-bond donors (Lipinski definition) is 2. The molecule has 4 aliphatic rings. The Kier molecular flexibility index (Phi) is 2.92. The number of carbonyl (C=O) groups is 1. The van der Waals surface area contributed by atoms with Gasteiger partial charge in [-0.05, 0) is 57.4 Å². The molecule has 4 fully saturated rings. The van der Waals surface area contributed by atoms with Crippen LogP contribution in [0.25, 0.3) is 16.8 Å². The van der Waals surface area contributed by atoms with Crippen LogP contribution in [0.4, 0.5) is 0 Å². The topological polar surface area (TPSA) is 112 Å². The van der Waals surface area contributed by atoms with E-state index < -0.39 is 5.41 Å². The number of nitriles is 1. The average Bonchev–Trinajstić information content (AvgIpc) is 3.17. The molecule has 7 rings (SSSR count). The molecule has 1 amide bonds. The fourth-order valence-electron chi connectivity index (χ4n) is 5.30. The van der Waals surface area contributed by atoms with Gasteiger partial charge in [0.15, 0.2) is 11.3 Å². The molecule has 0 unspecified atom stereocenters. The van der Waals surface area contributed by atoms with E-state index in [1.807, 2.05) is 12.3 Å². The van der Waals surface area contributed by atoms with E-state index in [1.54, 1.807) is 6.20 Å². The van der Waals surface area contributed by atoms with E-state index in [0.717, 1.165) is 61.2 Å². The summed E-state index contributed by atoms with van der Waals surface area (Å²) in [7, 11) is 0. The summed E-state index contributed by atoms with van der Waals surface area (Å²) in [6.07, 6.45) is 10.8. The molecule has 28 heavy (non-hydrogen) atoms. The van der Waals surface area contributed by atoms with Gasteiger partial charge in [0, 0.05) is 17.2 Å². The third-order valence-electron chi connectivity index (χ3n) is 7.44. The van der Waals surface area contributed by atoms with Gasteiger partial charge in [0.2, 0.25) is 5.91 Å². The molecule has 8 heteroatoms. The Bertz CT molecular complexity index is 1140. The monoisotopic (exact) mass is 375 g/mol. The fraction of sp³-hybridized carbons (Fsp3) is 0.550. The Morgan fingerprint density at radius 3 is 2.57 bits per heavy atom. The lowest BCUT2D eigenvalue weighted by atomic mass is 9.56. The zero-order valence-electron chi connectivity index (χ0n) is 15.5. The molecule has 8 nitrogen and oxygen atoms in total. The van der Waals surface area contributed by atoms with Crippen molar-refractivity contribution in [3.05, 3.63) is 24.3 Å². The molecule has 0 spiro atoms. The molecule has 3 aromatic rings. The number of nitrogens with one attached hydrogen (secondary N) is 2. The summed E-state index contributed by atoms with van der Waals surface area (Å²) >= 11 is 0. The zero-order valence-corrected chi connectivity index (χ0v) is 15.5. The summed E-state index contributed by atoms with van der Waals surface area (Å²) in [5.41, 5.74) is 1.70. The van der Waals surface area contributed by atoms with Crippen molar-refractivity contribution in [3.63, 3.8) is 0 Å². The Labute approximate surface area is 161 Å². The maximum Gasteiger partial charge on any atom is 0.240 e. The summed E-state index contributed by atoms with van der Waals surface area (Å²) in [5.74, 6) is 0.960. The number of fused-ring (bicyclic) bond motifs is 6. The third kappa shape index (κ3) is 1.99. The van der Waals surface area contributed by atoms with E-state index >= 15 is 0 Å². The van der Waals surface area contributed by atoms with Gasteiger partial charge in [-0.3, -0.25) is 9.20 Å². The van der Waals surface area contributed by atoms with Crippen LogP contribution in [0, 0.1) is 16.7 Å². The number of nitrogens with zero attached hydrogens (tertiary/aromatic N) is 5. The second-order valence-corrected chi connectivity index (χ2v) is 8.90. The molecule has 4 saturated carbocycles.